The van der Waals surface area contributed by atoms with Gasteiger partial charge in [-0.05, 0) is 104 Å². The highest BCUT2D eigenvalue weighted by atomic mass is 16.3. The van der Waals surface area contributed by atoms with Gasteiger partial charge in [-0.15, -0.1) is 0 Å². The predicted molar refractivity (Wildman–Crippen MR) is 150 cm³/mol. The van der Waals surface area contributed by atoms with E-state index in [-0.39, 0.29) is 22.6 Å². The van der Waals surface area contributed by atoms with Crippen LogP contribution in [0, 0.1) is 30.6 Å². The third-order valence-electron chi connectivity index (χ3n) is 9.92. The van der Waals surface area contributed by atoms with Crippen LogP contribution in [-0.4, -0.2) is 57.4 Å². The van der Waals surface area contributed by atoms with Crippen LogP contribution in [0.1, 0.15) is 72.3 Å². The minimum absolute atomic E-state index is 0.0715. The number of aliphatic hydroxyl groups excluding tert-OH is 1. The first-order chi connectivity index (χ1) is 18.6. The summed E-state index contributed by atoms with van der Waals surface area (Å²) in [6.45, 7) is 8.40. The molecule has 0 spiro atoms. The van der Waals surface area contributed by atoms with Crippen molar-refractivity contribution in [3.8, 4) is 5.75 Å². The van der Waals surface area contributed by atoms with Crippen LogP contribution in [0.2, 0.25) is 0 Å². The number of hydrogen-bond donors (Lipinski definition) is 5. The first kappa shape index (κ1) is 26.5. The lowest BCUT2D eigenvalue weighted by atomic mass is 9.62. The second-order valence-corrected chi connectivity index (χ2v) is 13.2. The number of fused-ring (bicyclic) bond motifs is 4. The van der Waals surface area contributed by atoms with Crippen molar-refractivity contribution in [3.63, 3.8) is 0 Å². The summed E-state index contributed by atoms with van der Waals surface area (Å²) in [5.41, 5.74) is 9.49. The van der Waals surface area contributed by atoms with Crippen LogP contribution in [0.3, 0.4) is 0 Å². The number of rotatable bonds is 8. The van der Waals surface area contributed by atoms with Gasteiger partial charge in [0.1, 0.15) is 17.5 Å². The molecule has 2 saturated carbocycles. The first-order valence-corrected chi connectivity index (χ1v) is 14.6. The number of hydrogen-bond acceptors (Lipinski definition) is 6. The van der Waals surface area contributed by atoms with Crippen molar-refractivity contribution in [1.29, 1.82) is 0 Å². The largest absolute Gasteiger partial charge is 0.508 e. The van der Waals surface area contributed by atoms with Gasteiger partial charge in [0, 0.05) is 30.2 Å². The molecule has 6 unspecified atom stereocenters. The quantitative estimate of drug-likeness (QED) is 0.331. The Hall–Kier alpha value is -2.68. The lowest BCUT2D eigenvalue weighted by Gasteiger charge is -2.49. The summed E-state index contributed by atoms with van der Waals surface area (Å²) in [6, 6.07) is 7.32. The molecule has 1 aliphatic heterocycles. The number of benzene rings is 1. The number of aromatic amines is 1. The summed E-state index contributed by atoms with van der Waals surface area (Å²) < 4.78 is 0. The minimum Gasteiger partial charge on any atom is -0.508 e. The molecule has 1 aromatic heterocycles. The Morgan fingerprint density at radius 2 is 2.05 bits per heavy atom. The van der Waals surface area contributed by atoms with Crippen molar-refractivity contribution in [2.24, 2.45) is 29.4 Å². The second-order valence-electron chi connectivity index (χ2n) is 13.2. The molecule has 1 amide bonds. The number of nitrogens with zero attached hydrogens (tertiary/aromatic N) is 1. The van der Waals surface area contributed by atoms with E-state index in [0.717, 1.165) is 43.1 Å². The number of H-pyrrole nitrogens is 1. The van der Waals surface area contributed by atoms with Crippen molar-refractivity contribution in [3.05, 3.63) is 62.6 Å². The monoisotopic (exact) mass is 534 g/mol. The molecule has 3 aliphatic carbocycles. The van der Waals surface area contributed by atoms with E-state index in [9.17, 15) is 19.8 Å². The lowest BCUT2D eigenvalue weighted by Crippen LogP contribution is -2.58. The van der Waals surface area contributed by atoms with Gasteiger partial charge in [-0.3, -0.25) is 14.5 Å². The summed E-state index contributed by atoms with van der Waals surface area (Å²) in [4.78, 5) is 32.2. The Balaban J connectivity index is 1.36. The molecule has 0 radical (unpaired) electrons. The number of pyridine rings is 1. The number of aromatic nitrogens is 1. The summed E-state index contributed by atoms with van der Waals surface area (Å²) in [6.07, 6.45) is 4.48. The van der Waals surface area contributed by atoms with Crippen molar-refractivity contribution in [1.82, 2.24) is 15.2 Å². The average molecular weight is 535 g/mol. The highest BCUT2D eigenvalue weighted by Crippen LogP contribution is 2.60. The molecule has 1 aromatic carbocycles. The maximum absolute atomic E-state index is 13.2. The van der Waals surface area contributed by atoms with E-state index < -0.39 is 23.7 Å². The number of amides is 1. The molecule has 8 heteroatoms. The smallest absolute Gasteiger partial charge is 0.261 e. The van der Waals surface area contributed by atoms with Gasteiger partial charge < -0.3 is 26.2 Å². The standard InChI is InChI=1S/C31H42N4O4/c1-16(2)8-25(28(32)37)33-29(38)22-9-19-10-24-27-20(15-35(27)14-18-5-6-18)12-31(24,13-26(19)34-30(22)39)23-11-21(36)7-4-17(23)3/h4,7,9,11,16,18,20,24-25,27-28,36-37H,5-6,8,10,12-15,32H2,1-3H3,(H,33,38)(H,34,39). The van der Waals surface area contributed by atoms with Crippen molar-refractivity contribution in [2.45, 2.75) is 83.0 Å². The van der Waals surface area contributed by atoms with E-state index in [4.69, 9.17) is 5.73 Å². The fourth-order valence-electron chi connectivity index (χ4n) is 8.01. The molecule has 1 saturated heterocycles. The van der Waals surface area contributed by atoms with Crippen molar-refractivity contribution < 1.29 is 15.0 Å². The number of nitrogens with two attached hydrogens (primary N) is 1. The molecule has 6 atom stereocenters. The molecule has 2 aromatic rings. The average Bonchev–Trinajstić information content (AvgIpc) is 3.64. The number of aryl methyl sites for hydroxylation is 1. The molecule has 6 rings (SSSR count). The summed E-state index contributed by atoms with van der Waals surface area (Å²) in [5.74, 6) is 1.76. The van der Waals surface area contributed by atoms with E-state index in [1.807, 2.05) is 26.0 Å². The number of carbonyl (C=O) groups excluding carboxylic acids is 1. The molecule has 39 heavy (non-hydrogen) atoms. The molecular formula is C31H42N4O4. The van der Waals surface area contributed by atoms with Crippen LogP contribution in [0.4, 0.5) is 0 Å². The van der Waals surface area contributed by atoms with E-state index in [1.165, 1.54) is 24.0 Å². The van der Waals surface area contributed by atoms with Crippen molar-refractivity contribution in [2.75, 3.05) is 13.1 Å². The Kier molecular flexibility index (Phi) is 6.63. The first-order valence-electron chi connectivity index (χ1n) is 14.6. The Morgan fingerprint density at radius 3 is 2.74 bits per heavy atom. The fraction of sp³-hybridized carbons (Fsp3) is 0.613. The van der Waals surface area contributed by atoms with Crippen LogP contribution in [0.15, 0.2) is 29.1 Å². The SMILES string of the molecule is Cc1ccc(O)cc1C12Cc3[nH]c(=O)c(C(=O)NC(CC(C)C)C(N)O)cc3CC1C1C(CN1CC1CC1)C2. The Labute approximate surface area is 230 Å². The van der Waals surface area contributed by atoms with E-state index in [2.05, 4.69) is 22.1 Å². The summed E-state index contributed by atoms with van der Waals surface area (Å²) in [7, 11) is 0. The fourth-order valence-corrected chi connectivity index (χ4v) is 8.01. The Bertz CT molecular complexity index is 1330. The zero-order valence-electron chi connectivity index (χ0n) is 23.2. The zero-order chi connectivity index (χ0) is 27.6. The Morgan fingerprint density at radius 1 is 1.28 bits per heavy atom. The van der Waals surface area contributed by atoms with Crippen LogP contribution in [0.25, 0.3) is 0 Å². The molecule has 6 N–H and O–H groups in total. The topological polar surface area (TPSA) is 132 Å². The van der Waals surface area contributed by atoms with Gasteiger partial charge in [0.2, 0.25) is 0 Å². The number of phenols is 1. The van der Waals surface area contributed by atoms with Gasteiger partial charge in [0.25, 0.3) is 11.5 Å². The maximum Gasteiger partial charge on any atom is 0.261 e. The van der Waals surface area contributed by atoms with Gasteiger partial charge in [0.15, 0.2) is 0 Å². The molecule has 0 bridgehead atoms. The highest BCUT2D eigenvalue weighted by Gasteiger charge is 2.62. The van der Waals surface area contributed by atoms with Gasteiger partial charge in [-0.1, -0.05) is 19.9 Å². The van der Waals surface area contributed by atoms with Gasteiger partial charge in [-0.25, -0.2) is 0 Å². The number of carbonyl (C=O) groups is 1. The summed E-state index contributed by atoms with van der Waals surface area (Å²) in [5, 5.41) is 23.3. The molecule has 8 nitrogen and oxygen atoms in total. The van der Waals surface area contributed by atoms with Crippen LogP contribution in [0.5, 0.6) is 5.75 Å². The summed E-state index contributed by atoms with van der Waals surface area (Å²) >= 11 is 0. The predicted octanol–water partition coefficient (Wildman–Crippen LogP) is 2.58. The van der Waals surface area contributed by atoms with Crippen molar-refractivity contribution >= 4 is 5.91 Å². The van der Waals surface area contributed by atoms with E-state index in [0.29, 0.717) is 30.7 Å². The van der Waals surface area contributed by atoms with Gasteiger partial charge in [-0.2, -0.15) is 0 Å². The molecule has 2 heterocycles. The van der Waals surface area contributed by atoms with Crippen LogP contribution in [-0.2, 0) is 18.3 Å². The minimum atomic E-state index is -1.20. The number of nitrogens with one attached hydrogen (secondary N) is 2. The zero-order valence-corrected chi connectivity index (χ0v) is 23.2. The molecule has 4 aliphatic rings. The number of aliphatic hydroxyl groups is 1. The van der Waals surface area contributed by atoms with E-state index in [1.54, 1.807) is 12.1 Å². The molecule has 210 valence electrons. The van der Waals surface area contributed by atoms with E-state index >= 15 is 0 Å². The maximum atomic E-state index is 13.2. The molecule has 3 fully saturated rings. The number of likely N-dealkylation sites (tertiary alicyclic amines) is 1. The van der Waals surface area contributed by atoms with Crippen LogP contribution >= 0.6 is 0 Å². The lowest BCUT2D eigenvalue weighted by molar-refractivity contribution is 0.00553. The van der Waals surface area contributed by atoms with Crippen LogP contribution < -0.4 is 16.6 Å². The third kappa shape index (κ3) is 4.70. The van der Waals surface area contributed by atoms with Gasteiger partial charge >= 0.3 is 0 Å². The number of aromatic hydroxyl groups is 1. The second kappa shape index (κ2) is 9.75. The highest BCUT2D eigenvalue weighted by molar-refractivity contribution is 5.94. The number of phenolic OH excluding ortho intramolecular Hbond substituents is 1. The molecular weight excluding hydrogens is 492 g/mol. The third-order valence-corrected chi connectivity index (χ3v) is 9.92. The van der Waals surface area contributed by atoms with Gasteiger partial charge in [0.05, 0.1) is 6.04 Å². The normalized spacial score (nSPS) is 29.2.